The normalized spacial score (nSPS) is 18.7. The zero-order valence-electron chi connectivity index (χ0n) is 9.62. The highest BCUT2D eigenvalue weighted by Gasteiger charge is 2.25. The molecular formula is C13H12ClFN2S. The van der Waals surface area contributed by atoms with Gasteiger partial charge in [0.2, 0.25) is 0 Å². The van der Waals surface area contributed by atoms with Gasteiger partial charge in [-0.15, -0.1) is 11.3 Å². The molecule has 0 amide bonds. The minimum Gasteiger partial charge on any atom is -0.375 e. The quantitative estimate of drug-likeness (QED) is 0.859. The molecule has 1 aromatic heterocycles. The molecule has 0 saturated heterocycles. The Morgan fingerprint density at radius 3 is 3.06 bits per heavy atom. The SMILES string of the molecule is Nc1nc2c(s1)C(c1ccc(Cl)c(F)c1)CCC2. The van der Waals surface area contributed by atoms with Crippen molar-refractivity contribution in [3.63, 3.8) is 0 Å². The highest BCUT2D eigenvalue weighted by molar-refractivity contribution is 7.15. The van der Waals surface area contributed by atoms with Crippen LogP contribution in [0.3, 0.4) is 0 Å². The zero-order valence-corrected chi connectivity index (χ0v) is 11.2. The number of nitrogens with zero attached hydrogens (tertiary/aromatic N) is 1. The number of fused-ring (bicyclic) bond motifs is 1. The molecule has 0 aliphatic heterocycles. The number of rotatable bonds is 1. The van der Waals surface area contributed by atoms with Crippen LogP contribution in [0.2, 0.25) is 5.02 Å². The highest BCUT2D eigenvalue weighted by atomic mass is 35.5. The first-order valence-electron chi connectivity index (χ1n) is 5.85. The third-order valence-electron chi connectivity index (χ3n) is 3.31. The predicted octanol–water partition coefficient (Wildman–Crippen LogP) is 3.99. The number of thiazole rings is 1. The summed E-state index contributed by atoms with van der Waals surface area (Å²) in [5.74, 6) is -0.158. The summed E-state index contributed by atoms with van der Waals surface area (Å²) in [6.45, 7) is 0. The van der Waals surface area contributed by atoms with Crippen molar-refractivity contribution >= 4 is 28.1 Å². The Bertz CT molecular complexity index is 597. The fraction of sp³-hybridized carbons (Fsp3) is 0.308. The minimum atomic E-state index is -0.362. The van der Waals surface area contributed by atoms with Crippen LogP contribution < -0.4 is 5.73 Å². The van der Waals surface area contributed by atoms with Crippen molar-refractivity contribution in [1.29, 1.82) is 0 Å². The van der Waals surface area contributed by atoms with Gasteiger partial charge in [-0.2, -0.15) is 0 Å². The average Bonchev–Trinajstić information content (AvgIpc) is 2.72. The molecule has 1 aliphatic carbocycles. The number of benzene rings is 1. The van der Waals surface area contributed by atoms with Crippen LogP contribution in [0, 0.1) is 5.82 Å². The molecule has 0 fully saturated rings. The zero-order chi connectivity index (χ0) is 12.7. The number of nitrogens with two attached hydrogens (primary N) is 1. The van der Waals surface area contributed by atoms with Crippen LogP contribution in [-0.4, -0.2) is 4.98 Å². The van der Waals surface area contributed by atoms with Crippen LogP contribution in [0.25, 0.3) is 0 Å². The molecule has 5 heteroatoms. The Labute approximate surface area is 114 Å². The highest BCUT2D eigenvalue weighted by Crippen LogP contribution is 2.41. The van der Waals surface area contributed by atoms with Crippen LogP contribution in [0.4, 0.5) is 9.52 Å². The summed E-state index contributed by atoms with van der Waals surface area (Å²) < 4.78 is 13.5. The largest absolute Gasteiger partial charge is 0.375 e. The van der Waals surface area contributed by atoms with Gasteiger partial charge in [-0.3, -0.25) is 0 Å². The van der Waals surface area contributed by atoms with E-state index in [0.717, 1.165) is 30.5 Å². The molecule has 2 N–H and O–H groups in total. The molecule has 1 unspecified atom stereocenters. The summed E-state index contributed by atoms with van der Waals surface area (Å²) in [6.07, 6.45) is 3.04. The molecule has 1 heterocycles. The lowest BCUT2D eigenvalue weighted by molar-refractivity contribution is 0.599. The number of hydrogen-bond acceptors (Lipinski definition) is 3. The van der Waals surface area contributed by atoms with Crippen LogP contribution in [0.5, 0.6) is 0 Å². The Balaban J connectivity index is 2.05. The molecule has 0 saturated carbocycles. The number of nitrogen functional groups attached to an aromatic ring is 1. The number of hydrogen-bond donors (Lipinski definition) is 1. The summed E-state index contributed by atoms with van der Waals surface area (Å²) in [6, 6.07) is 5.03. The fourth-order valence-electron chi connectivity index (χ4n) is 2.49. The standard InChI is InChI=1S/C13H12ClFN2S/c14-9-5-4-7(6-10(9)15)8-2-1-3-11-12(8)18-13(16)17-11/h4-6,8H,1-3H2,(H2,16,17). The molecule has 1 atom stereocenters. The topological polar surface area (TPSA) is 38.9 Å². The van der Waals surface area contributed by atoms with E-state index in [1.54, 1.807) is 6.07 Å². The lowest BCUT2D eigenvalue weighted by Gasteiger charge is -2.21. The van der Waals surface area contributed by atoms with Gasteiger partial charge in [0, 0.05) is 10.8 Å². The molecule has 1 aromatic carbocycles. The van der Waals surface area contributed by atoms with E-state index in [2.05, 4.69) is 4.98 Å². The van der Waals surface area contributed by atoms with E-state index in [-0.39, 0.29) is 16.8 Å². The minimum absolute atomic E-state index is 0.165. The molecule has 0 bridgehead atoms. The Morgan fingerprint density at radius 1 is 1.44 bits per heavy atom. The van der Waals surface area contributed by atoms with Gasteiger partial charge < -0.3 is 5.73 Å². The summed E-state index contributed by atoms with van der Waals surface area (Å²) in [4.78, 5) is 5.52. The van der Waals surface area contributed by atoms with Crippen molar-refractivity contribution in [2.75, 3.05) is 5.73 Å². The summed E-state index contributed by atoms with van der Waals surface area (Å²) in [5, 5.41) is 0.764. The van der Waals surface area contributed by atoms with Gasteiger partial charge in [-0.25, -0.2) is 9.37 Å². The van der Waals surface area contributed by atoms with Crippen molar-refractivity contribution in [3.05, 3.63) is 45.2 Å². The maximum atomic E-state index is 13.5. The van der Waals surface area contributed by atoms with Gasteiger partial charge in [-0.05, 0) is 37.0 Å². The van der Waals surface area contributed by atoms with E-state index < -0.39 is 0 Å². The van der Waals surface area contributed by atoms with Crippen molar-refractivity contribution in [2.24, 2.45) is 0 Å². The Kier molecular flexibility index (Phi) is 2.99. The number of aryl methyl sites for hydroxylation is 1. The molecule has 1 aliphatic rings. The van der Waals surface area contributed by atoms with Gasteiger partial charge in [0.05, 0.1) is 10.7 Å². The summed E-state index contributed by atoms with van der Waals surface area (Å²) in [5.41, 5.74) is 7.80. The van der Waals surface area contributed by atoms with Crippen molar-refractivity contribution in [1.82, 2.24) is 4.98 Å². The maximum absolute atomic E-state index is 13.5. The summed E-state index contributed by atoms with van der Waals surface area (Å²) >= 11 is 7.23. The van der Waals surface area contributed by atoms with Crippen molar-refractivity contribution in [2.45, 2.75) is 25.2 Å². The van der Waals surface area contributed by atoms with Crippen molar-refractivity contribution < 1.29 is 4.39 Å². The first-order valence-corrected chi connectivity index (χ1v) is 7.04. The second kappa shape index (κ2) is 4.52. The van der Waals surface area contributed by atoms with E-state index in [0.29, 0.717) is 5.13 Å². The molecule has 18 heavy (non-hydrogen) atoms. The monoisotopic (exact) mass is 282 g/mol. The molecule has 2 nitrogen and oxygen atoms in total. The number of aromatic nitrogens is 1. The fourth-order valence-corrected chi connectivity index (χ4v) is 3.65. The molecule has 94 valence electrons. The van der Waals surface area contributed by atoms with Crippen LogP contribution in [-0.2, 0) is 6.42 Å². The smallest absolute Gasteiger partial charge is 0.180 e. The first kappa shape index (κ1) is 11.9. The number of anilines is 1. The molecule has 0 radical (unpaired) electrons. The second-order valence-corrected chi connectivity index (χ2v) is 5.95. The first-order chi connectivity index (χ1) is 8.65. The lowest BCUT2D eigenvalue weighted by atomic mass is 9.86. The van der Waals surface area contributed by atoms with Crippen LogP contribution >= 0.6 is 22.9 Å². The van der Waals surface area contributed by atoms with Crippen molar-refractivity contribution in [3.8, 4) is 0 Å². The molecular weight excluding hydrogens is 271 g/mol. The van der Waals surface area contributed by atoms with Crippen LogP contribution in [0.1, 0.15) is 34.9 Å². The Hall–Kier alpha value is -1.13. The van der Waals surface area contributed by atoms with E-state index in [4.69, 9.17) is 17.3 Å². The van der Waals surface area contributed by atoms with E-state index in [9.17, 15) is 4.39 Å². The molecule has 2 aromatic rings. The van der Waals surface area contributed by atoms with E-state index in [1.165, 1.54) is 22.3 Å². The molecule has 0 spiro atoms. The van der Waals surface area contributed by atoms with Gasteiger partial charge in [-0.1, -0.05) is 17.7 Å². The van der Waals surface area contributed by atoms with E-state index >= 15 is 0 Å². The third kappa shape index (κ3) is 1.99. The van der Waals surface area contributed by atoms with Gasteiger partial charge in [0.15, 0.2) is 5.13 Å². The Morgan fingerprint density at radius 2 is 2.28 bits per heavy atom. The number of halogens is 2. The second-order valence-electron chi connectivity index (χ2n) is 4.48. The third-order valence-corrected chi connectivity index (χ3v) is 4.66. The molecule has 3 rings (SSSR count). The maximum Gasteiger partial charge on any atom is 0.180 e. The van der Waals surface area contributed by atoms with Gasteiger partial charge in [0.25, 0.3) is 0 Å². The lowest BCUT2D eigenvalue weighted by Crippen LogP contribution is -2.09. The van der Waals surface area contributed by atoms with Gasteiger partial charge >= 0.3 is 0 Å². The average molecular weight is 283 g/mol. The summed E-state index contributed by atoms with van der Waals surface area (Å²) in [7, 11) is 0. The van der Waals surface area contributed by atoms with E-state index in [1.807, 2.05) is 6.07 Å². The van der Waals surface area contributed by atoms with Crippen LogP contribution in [0.15, 0.2) is 18.2 Å². The van der Waals surface area contributed by atoms with Gasteiger partial charge in [0.1, 0.15) is 5.82 Å². The predicted molar refractivity (Wildman–Crippen MR) is 72.7 cm³/mol.